The molecule has 1 heterocycles. The summed E-state index contributed by atoms with van der Waals surface area (Å²) in [6, 6.07) is 1.83. The molecule has 2 saturated carbocycles. The lowest BCUT2D eigenvalue weighted by atomic mass is 10.0. The molecule has 2 fully saturated rings. The number of nitrogens with one attached hydrogen (secondary N) is 1. The van der Waals surface area contributed by atoms with Crippen LogP contribution in [0.5, 0.6) is 0 Å². The first kappa shape index (κ1) is 10.7. The fraction of sp³-hybridized carbons (Fsp3) is 0.583. The van der Waals surface area contributed by atoms with Gasteiger partial charge >= 0.3 is 0 Å². The zero-order chi connectivity index (χ0) is 11.2. The van der Waals surface area contributed by atoms with E-state index in [1.807, 2.05) is 11.4 Å². The van der Waals surface area contributed by atoms with Crippen LogP contribution in [-0.2, 0) is 0 Å². The lowest BCUT2D eigenvalue weighted by molar-refractivity contribution is 0.0946. The zero-order valence-corrected chi connectivity index (χ0v) is 10.7. The fourth-order valence-corrected chi connectivity index (χ4v) is 3.44. The smallest absolute Gasteiger partial charge is 0.261 e. The highest BCUT2D eigenvalue weighted by Crippen LogP contribution is 2.60. The van der Waals surface area contributed by atoms with Crippen LogP contribution in [0.2, 0.25) is 0 Å². The highest BCUT2D eigenvalue weighted by molar-refractivity contribution is 7.80. The van der Waals surface area contributed by atoms with Gasteiger partial charge in [-0.15, -0.1) is 24.0 Å². The van der Waals surface area contributed by atoms with Crippen molar-refractivity contribution in [1.82, 2.24) is 5.32 Å². The van der Waals surface area contributed by atoms with Crippen LogP contribution in [0.25, 0.3) is 0 Å². The highest BCUT2D eigenvalue weighted by atomic mass is 32.1. The molecule has 0 radical (unpaired) electrons. The second-order valence-electron chi connectivity index (χ2n) is 4.99. The Hall–Kier alpha value is -0.480. The molecule has 0 bridgehead atoms. The molecule has 4 heteroatoms. The molecule has 0 saturated heterocycles. The van der Waals surface area contributed by atoms with Crippen LogP contribution in [0.15, 0.2) is 16.3 Å². The first-order valence-electron chi connectivity index (χ1n) is 5.75. The van der Waals surface area contributed by atoms with Crippen LogP contribution in [0, 0.1) is 11.3 Å². The van der Waals surface area contributed by atoms with E-state index in [1.165, 1.54) is 37.0 Å². The Morgan fingerprint density at radius 1 is 1.56 bits per heavy atom. The van der Waals surface area contributed by atoms with Crippen molar-refractivity contribution in [2.45, 2.75) is 30.6 Å². The monoisotopic (exact) mass is 253 g/mol. The Morgan fingerprint density at radius 2 is 2.31 bits per heavy atom. The Morgan fingerprint density at radius 3 is 2.81 bits per heavy atom. The van der Waals surface area contributed by atoms with E-state index in [2.05, 4.69) is 17.9 Å². The normalized spacial score (nSPS) is 21.8. The van der Waals surface area contributed by atoms with Crippen LogP contribution in [0.1, 0.15) is 35.4 Å². The van der Waals surface area contributed by atoms with Gasteiger partial charge in [0, 0.05) is 16.8 Å². The second kappa shape index (κ2) is 3.77. The largest absolute Gasteiger partial charge is 0.351 e. The SMILES string of the molecule is O=C(NCC1(C2CC2)CC1)c1cc(S)cs1. The van der Waals surface area contributed by atoms with Gasteiger partial charge in [0.05, 0.1) is 4.88 Å². The van der Waals surface area contributed by atoms with Gasteiger partial charge in [-0.05, 0) is 43.1 Å². The maximum Gasteiger partial charge on any atom is 0.261 e. The highest BCUT2D eigenvalue weighted by Gasteiger charge is 2.53. The third-order valence-corrected chi connectivity index (χ3v) is 5.11. The van der Waals surface area contributed by atoms with Gasteiger partial charge in [0.1, 0.15) is 0 Å². The average Bonchev–Trinajstić information content (AvgIpc) is 3.14. The molecule has 0 atom stereocenters. The molecule has 16 heavy (non-hydrogen) atoms. The molecule has 0 unspecified atom stereocenters. The summed E-state index contributed by atoms with van der Waals surface area (Å²) in [6.07, 6.45) is 5.35. The van der Waals surface area contributed by atoms with Crippen LogP contribution in [0.3, 0.4) is 0 Å². The summed E-state index contributed by atoms with van der Waals surface area (Å²) in [7, 11) is 0. The van der Waals surface area contributed by atoms with Crippen molar-refractivity contribution < 1.29 is 4.79 Å². The summed E-state index contributed by atoms with van der Waals surface area (Å²) in [5.41, 5.74) is 0.483. The molecule has 1 N–H and O–H groups in total. The number of thiol groups is 1. The Bertz CT molecular complexity index is 418. The van der Waals surface area contributed by atoms with E-state index in [9.17, 15) is 4.79 Å². The second-order valence-corrected chi connectivity index (χ2v) is 6.42. The standard InChI is InChI=1S/C12H15NOS2/c14-11(10-5-9(15)6-16-10)13-7-12(3-4-12)8-1-2-8/h5-6,8,15H,1-4,7H2,(H,13,14). The van der Waals surface area contributed by atoms with E-state index < -0.39 is 0 Å². The summed E-state index contributed by atoms with van der Waals surface area (Å²) >= 11 is 5.67. The van der Waals surface area contributed by atoms with Gasteiger partial charge in [0.15, 0.2) is 0 Å². The van der Waals surface area contributed by atoms with Gasteiger partial charge in [-0.3, -0.25) is 4.79 Å². The third kappa shape index (κ3) is 2.00. The number of thiophene rings is 1. The van der Waals surface area contributed by atoms with Crippen molar-refractivity contribution in [1.29, 1.82) is 0 Å². The molecule has 1 amide bonds. The van der Waals surface area contributed by atoms with E-state index in [0.29, 0.717) is 5.41 Å². The number of hydrogen-bond acceptors (Lipinski definition) is 3. The fourth-order valence-electron chi connectivity index (χ4n) is 2.37. The maximum absolute atomic E-state index is 11.8. The molecule has 2 nitrogen and oxygen atoms in total. The predicted molar refractivity (Wildman–Crippen MR) is 68.3 cm³/mol. The predicted octanol–water partition coefficient (Wildman–Crippen LogP) is 2.96. The number of carbonyl (C=O) groups excluding carboxylic acids is 1. The summed E-state index contributed by atoms with van der Waals surface area (Å²) < 4.78 is 0. The van der Waals surface area contributed by atoms with Gasteiger partial charge in [-0.25, -0.2) is 0 Å². The van der Waals surface area contributed by atoms with Gasteiger partial charge < -0.3 is 5.32 Å². The quantitative estimate of drug-likeness (QED) is 0.794. The first-order valence-corrected chi connectivity index (χ1v) is 7.08. The lowest BCUT2D eigenvalue weighted by Gasteiger charge is -2.14. The topological polar surface area (TPSA) is 29.1 Å². The molecule has 2 aliphatic carbocycles. The van der Waals surface area contributed by atoms with Gasteiger partial charge in [-0.2, -0.15) is 0 Å². The summed E-state index contributed by atoms with van der Waals surface area (Å²) in [5.74, 6) is 0.966. The molecule has 1 aromatic rings. The molecule has 0 spiro atoms. The zero-order valence-electron chi connectivity index (χ0n) is 9.03. The first-order chi connectivity index (χ1) is 7.70. The maximum atomic E-state index is 11.8. The average molecular weight is 253 g/mol. The van der Waals surface area contributed by atoms with Crippen LogP contribution in [-0.4, -0.2) is 12.5 Å². The Kier molecular flexibility index (Phi) is 2.51. The number of carbonyl (C=O) groups is 1. The van der Waals surface area contributed by atoms with E-state index in [0.717, 1.165) is 22.2 Å². The number of rotatable bonds is 4. The van der Waals surface area contributed by atoms with Crippen LogP contribution >= 0.6 is 24.0 Å². The Balaban J connectivity index is 1.57. The van der Waals surface area contributed by atoms with Gasteiger partial charge in [-0.1, -0.05) is 0 Å². The molecule has 86 valence electrons. The molecule has 0 aromatic carbocycles. The molecule has 3 rings (SSSR count). The van der Waals surface area contributed by atoms with Crippen molar-refractivity contribution in [3.63, 3.8) is 0 Å². The molecule has 1 aromatic heterocycles. The number of amides is 1. The minimum atomic E-state index is 0.0669. The van der Waals surface area contributed by atoms with Crippen molar-refractivity contribution in [2.24, 2.45) is 11.3 Å². The van der Waals surface area contributed by atoms with E-state index >= 15 is 0 Å². The minimum Gasteiger partial charge on any atom is -0.351 e. The van der Waals surface area contributed by atoms with E-state index in [-0.39, 0.29) is 5.91 Å². The Labute approximate surface area is 105 Å². The van der Waals surface area contributed by atoms with E-state index in [1.54, 1.807) is 0 Å². The lowest BCUT2D eigenvalue weighted by Crippen LogP contribution is -2.30. The third-order valence-electron chi connectivity index (χ3n) is 3.75. The van der Waals surface area contributed by atoms with Crippen molar-refractivity contribution in [2.75, 3.05) is 6.54 Å². The molecule has 0 aliphatic heterocycles. The van der Waals surface area contributed by atoms with Crippen molar-refractivity contribution in [3.05, 3.63) is 16.3 Å². The summed E-state index contributed by atoms with van der Waals surface area (Å²) in [4.78, 5) is 13.5. The summed E-state index contributed by atoms with van der Waals surface area (Å²) in [5, 5.41) is 4.97. The van der Waals surface area contributed by atoms with Crippen LogP contribution in [0.4, 0.5) is 0 Å². The summed E-state index contributed by atoms with van der Waals surface area (Å²) in [6.45, 7) is 0.871. The molecular weight excluding hydrogens is 238 g/mol. The van der Waals surface area contributed by atoms with Crippen LogP contribution < -0.4 is 5.32 Å². The van der Waals surface area contributed by atoms with Crippen molar-refractivity contribution >= 4 is 29.9 Å². The minimum absolute atomic E-state index is 0.0669. The van der Waals surface area contributed by atoms with Crippen molar-refractivity contribution in [3.8, 4) is 0 Å². The van der Waals surface area contributed by atoms with Gasteiger partial charge in [0.25, 0.3) is 5.91 Å². The molecule has 2 aliphatic rings. The number of hydrogen-bond donors (Lipinski definition) is 2. The molecular formula is C12H15NOS2. The van der Waals surface area contributed by atoms with E-state index in [4.69, 9.17) is 0 Å². The van der Waals surface area contributed by atoms with Gasteiger partial charge in [0.2, 0.25) is 0 Å².